The van der Waals surface area contributed by atoms with E-state index in [1.807, 2.05) is 0 Å². The van der Waals surface area contributed by atoms with E-state index >= 15 is 0 Å². The van der Waals surface area contributed by atoms with Gasteiger partial charge in [-0.3, -0.25) is 14.4 Å². The number of nitriles is 1. The molecule has 1 heterocycles. The lowest BCUT2D eigenvalue weighted by Crippen LogP contribution is -2.19. The Labute approximate surface area is 124 Å². The first kappa shape index (κ1) is 14.9. The number of anilines is 2. The predicted molar refractivity (Wildman–Crippen MR) is 78.1 cm³/mol. The number of aromatic amines is 1. The molecule has 0 aliphatic rings. The number of carbonyl (C=O) groups is 2. The van der Waals surface area contributed by atoms with Crippen LogP contribution in [0.15, 0.2) is 41.2 Å². The lowest BCUT2D eigenvalue weighted by atomic mass is 10.2. The SMILES string of the molecule is N#CCC(=O)Nc1ccccc1NC(=O)c1ccc(=O)[nH]n1. The van der Waals surface area contributed by atoms with E-state index in [4.69, 9.17) is 5.26 Å². The Bertz CT molecular complexity index is 786. The van der Waals surface area contributed by atoms with Crippen LogP contribution in [0.2, 0.25) is 0 Å². The Morgan fingerprint density at radius 2 is 1.82 bits per heavy atom. The first-order valence-electron chi connectivity index (χ1n) is 6.23. The van der Waals surface area contributed by atoms with Gasteiger partial charge in [0.05, 0.1) is 17.4 Å². The van der Waals surface area contributed by atoms with Gasteiger partial charge in [0.25, 0.3) is 11.5 Å². The molecule has 0 saturated heterocycles. The van der Waals surface area contributed by atoms with Crippen LogP contribution in [0.5, 0.6) is 0 Å². The summed E-state index contributed by atoms with van der Waals surface area (Å²) in [7, 11) is 0. The summed E-state index contributed by atoms with van der Waals surface area (Å²) >= 11 is 0. The molecule has 3 N–H and O–H groups in total. The highest BCUT2D eigenvalue weighted by molar-refractivity contribution is 6.06. The van der Waals surface area contributed by atoms with Gasteiger partial charge in [-0.25, -0.2) is 5.10 Å². The van der Waals surface area contributed by atoms with Crippen molar-refractivity contribution in [2.24, 2.45) is 0 Å². The van der Waals surface area contributed by atoms with Crippen LogP contribution in [0.25, 0.3) is 0 Å². The molecule has 1 aromatic carbocycles. The van der Waals surface area contributed by atoms with Crippen LogP contribution in [0.1, 0.15) is 16.9 Å². The fourth-order valence-electron chi connectivity index (χ4n) is 1.62. The molecule has 2 amide bonds. The minimum atomic E-state index is -0.543. The maximum atomic E-state index is 12.0. The van der Waals surface area contributed by atoms with Gasteiger partial charge in [-0.05, 0) is 18.2 Å². The molecule has 0 atom stereocenters. The van der Waals surface area contributed by atoms with Crippen LogP contribution >= 0.6 is 0 Å². The minimum absolute atomic E-state index is 0.0257. The number of rotatable bonds is 4. The Kier molecular flexibility index (Phi) is 4.62. The van der Waals surface area contributed by atoms with Crippen molar-refractivity contribution in [3.63, 3.8) is 0 Å². The van der Waals surface area contributed by atoms with Crippen molar-refractivity contribution in [2.75, 3.05) is 10.6 Å². The van der Waals surface area contributed by atoms with E-state index in [0.29, 0.717) is 11.4 Å². The van der Waals surface area contributed by atoms with E-state index in [2.05, 4.69) is 20.8 Å². The summed E-state index contributed by atoms with van der Waals surface area (Å²) in [6.07, 6.45) is -0.288. The molecule has 2 rings (SSSR count). The zero-order valence-corrected chi connectivity index (χ0v) is 11.3. The normalized spacial score (nSPS) is 9.59. The standard InChI is InChI=1S/C14H11N5O3/c15-8-7-12(20)16-9-3-1-2-4-10(9)17-14(22)11-5-6-13(21)19-18-11/h1-6H,7H2,(H,16,20)(H,17,22)(H,19,21). The average molecular weight is 297 g/mol. The van der Waals surface area contributed by atoms with Gasteiger partial charge in [0.2, 0.25) is 5.91 Å². The molecule has 0 aliphatic heterocycles. The molecule has 2 aromatic rings. The van der Waals surface area contributed by atoms with Crippen molar-refractivity contribution in [3.8, 4) is 6.07 Å². The van der Waals surface area contributed by atoms with Crippen LogP contribution < -0.4 is 16.2 Å². The monoisotopic (exact) mass is 297 g/mol. The first-order valence-corrected chi connectivity index (χ1v) is 6.23. The highest BCUT2D eigenvalue weighted by atomic mass is 16.2. The molecule has 0 radical (unpaired) electrons. The van der Waals surface area contributed by atoms with Gasteiger partial charge in [-0.1, -0.05) is 12.1 Å². The third-order valence-electron chi connectivity index (χ3n) is 2.60. The molecule has 0 fully saturated rings. The van der Waals surface area contributed by atoms with Gasteiger partial charge in [0, 0.05) is 6.07 Å². The second kappa shape index (κ2) is 6.81. The fraction of sp³-hybridized carbons (Fsp3) is 0.0714. The van der Waals surface area contributed by atoms with Crippen LogP contribution in [0, 0.1) is 11.3 Å². The summed E-state index contributed by atoms with van der Waals surface area (Å²) < 4.78 is 0. The smallest absolute Gasteiger partial charge is 0.276 e. The van der Waals surface area contributed by atoms with E-state index in [1.165, 1.54) is 12.1 Å². The highest BCUT2D eigenvalue weighted by Crippen LogP contribution is 2.21. The Morgan fingerprint density at radius 3 is 2.41 bits per heavy atom. The van der Waals surface area contributed by atoms with Gasteiger partial charge in [-0.15, -0.1) is 0 Å². The Hall–Kier alpha value is -3.47. The Morgan fingerprint density at radius 1 is 1.14 bits per heavy atom. The molecule has 8 nitrogen and oxygen atoms in total. The molecular formula is C14H11N5O3. The predicted octanol–water partition coefficient (Wildman–Crippen LogP) is 0.874. The van der Waals surface area contributed by atoms with Crippen LogP contribution in [0.3, 0.4) is 0 Å². The molecule has 0 spiro atoms. The third-order valence-corrected chi connectivity index (χ3v) is 2.60. The van der Waals surface area contributed by atoms with Gasteiger partial charge in [-0.2, -0.15) is 10.4 Å². The molecule has 110 valence electrons. The third kappa shape index (κ3) is 3.77. The highest BCUT2D eigenvalue weighted by Gasteiger charge is 2.11. The lowest BCUT2D eigenvalue weighted by Gasteiger charge is -2.11. The molecule has 0 saturated carbocycles. The number of para-hydroxylation sites is 2. The van der Waals surface area contributed by atoms with E-state index < -0.39 is 17.4 Å². The van der Waals surface area contributed by atoms with Crippen molar-refractivity contribution >= 4 is 23.2 Å². The summed E-state index contributed by atoms with van der Waals surface area (Å²) in [5.74, 6) is -1.02. The molecule has 0 bridgehead atoms. The molecular weight excluding hydrogens is 286 g/mol. The minimum Gasteiger partial charge on any atom is -0.323 e. The quantitative estimate of drug-likeness (QED) is 0.771. The molecule has 0 unspecified atom stereocenters. The summed E-state index contributed by atoms with van der Waals surface area (Å²) in [6.45, 7) is 0. The molecule has 0 aliphatic carbocycles. The van der Waals surface area contributed by atoms with E-state index in [9.17, 15) is 14.4 Å². The number of amides is 2. The zero-order valence-electron chi connectivity index (χ0n) is 11.3. The van der Waals surface area contributed by atoms with Gasteiger partial charge < -0.3 is 10.6 Å². The molecule has 1 aromatic heterocycles. The van der Waals surface area contributed by atoms with Crippen molar-refractivity contribution in [1.29, 1.82) is 5.26 Å². The number of aromatic nitrogens is 2. The second-order valence-electron chi connectivity index (χ2n) is 4.19. The largest absolute Gasteiger partial charge is 0.323 e. The topological polar surface area (TPSA) is 128 Å². The summed E-state index contributed by atoms with van der Waals surface area (Å²) in [4.78, 5) is 34.4. The number of hydrogen-bond acceptors (Lipinski definition) is 5. The number of benzene rings is 1. The number of nitrogens with zero attached hydrogens (tertiary/aromatic N) is 2. The molecule has 22 heavy (non-hydrogen) atoms. The van der Waals surface area contributed by atoms with Crippen molar-refractivity contribution in [2.45, 2.75) is 6.42 Å². The van der Waals surface area contributed by atoms with Gasteiger partial charge in [0.15, 0.2) is 0 Å². The maximum absolute atomic E-state index is 12.0. The summed E-state index contributed by atoms with van der Waals surface area (Å²) in [5.41, 5.74) is 0.325. The first-order chi connectivity index (χ1) is 10.6. The zero-order chi connectivity index (χ0) is 15.9. The van der Waals surface area contributed by atoms with E-state index in [1.54, 1.807) is 30.3 Å². The van der Waals surface area contributed by atoms with E-state index in [-0.39, 0.29) is 12.1 Å². The van der Waals surface area contributed by atoms with E-state index in [0.717, 1.165) is 0 Å². The van der Waals surface area contributed by atoms with Crippen LogP contribution in [0.4, 0.5) is 11.4 Å². The average Bonchev–Trinajstić information content (AvgIpc) is 2.50. The van der Waals surface area contributed by atoms with Gasteiger partial charge in [0.1, 0.15) is 12.1 Å². The van der Waals surface area contributed by atoms with Crippen LogP contribution in [-0.2, 0) is 4.79 Å². The Balaban J connectivity index is 2.17. The van der Waals surface area contributed by atoms with Crippen molar-refractivity contribution in [1.82, 2.24) is 10.2 Å². The summed E-state index contributed by atoms with van der Waals surface area (Å²) in [5, 5.41) is 19.4. The summed E-state index contributed by atoms with van der Waals surface area (Å²) in [6, 6.07) is 10.7. The molecule has 8 heteroatoms. The van der Waals surface area contributed by atoms with Crippen molar-refractivity contribution in [3.05, 3.63) is 52.4 Å². The van der Waals surface area contributed by atoms with Crippen molar-refractivity contribution < 1.29 is 9.59 Å². The number of hydrogen-bond donors (Lipinski definition) is 3. The van der Waals surface area contributed by atoms with Gasteiger partial charge >= 0.3 is 0 Å². The number of H-pyrrole nitrogens is 1. The maximum Gasteiger partial charge on any atom is 0.276 e. The number of carbonyl (C=O) groups excluding carboxylic acids is 2. The van der Waals surface area contributed by atoms with Crippen LogP contribution in [-0.4, -0.2) is 22.0 Å². The second-order valence-corrected chi connectivity index (χ2v) is 4.19. The lowest BCUT2D eigenvalue weighted by molar-refractivity contribution is -0.115. The fourth-order valence-corrected chi connectivity index (χ4v) is 1.62. The number of nitrogens with one attached hydrogen (secondary N) is 3.